The summed E-state index contributed by atoms with van der Waals surface area (Å²) in [6.07, 6.45) is 1.93. The fraction of sp³-hybridized carbons (Fsp3) is 0.130. The number of rotatable bonds is 2. The quantitative estimate of drug-likeness (QED) is 0.419. The van der Waals surface area contributed by atoms with Gasteiger partial charge < -0.3 is 0 Å². The number of fused-ring (bicyclic) bond motifs is 3. The van der Waals surface area contributed by atoms with E-state index in [4.69, 9.17) is 0 Å². The number of hydrogen-bond donors (Lipinski definition) is 0. The van der Waals surface area contributed by atoms with Crippen LogP contribution in [-0.4, -0.2) is 0 Å². The highest BCUT2D eigenvalue weighted by Gasteiger charge is 2.31. The molecule has 0 fully saturated rings. The van der Waals surface area contributed by atoms with Gasteiger partial charge in [0.05, 0.1) is 0 Å². The lowest BCUT2D eigenvalue weighted by atomic mass is 9.83. The average Bonchev–Trinajstić information content (AvgIpc) is 2.89. The summed E-state index contributed by atoms with van der Waals surface area (Å²) < 4.78 is 0. The molecule has 4 rings (SSSR count). The topological polar surface area (TPSA) is 0 Å². The van der Waals surface area contributed by atoms with Crippen molar-refractivity contribution in [3.63, 3.8) is 0 Å². The highest BCUT2D eigenvalue weighted by atomic mass is 14.3. The first-order valence-electron chi connectivity index (χ1n) is 8.12. The van der Waals surface area contributed by atoms with E-state index in [0.717, 1.165) is 0 Å². The summed E-state index contributed by atoms with van der Waals surface area (Å²) in [5.41, 5.74) is 10.9. The molecule has 0 aliphatic heterocycles. The molecule has 112 valence electrons. The normalized spacial score (nSPS) is 12.8. The van der Waals surface area contributed by atoms with Gasteiger partial charge in [-0.15, -0.1) is 0 Å². The molecule has 0 saturated heterocycles. The Morgan fingerprint density at radius 1 is 0.783 bits per heavy atom. The lowest BCUT2D eigenvalue weighted by molar-refractivity contribution is 0.978. The van der Waals surface area contributed by atoms with Crippen LogP contribution in [0, 0.1) is 13.8 Å². The monoisotopic (exact) mass is 296 g/mol. The third kappa shape index (κ3) is 2.06. The maximum Gasteiger partial charge on any atom is 0.0357 e. The average molecular weight is 296 g/mol. The van der Waals surface area contributed by atoms with Gasteiger partial charge in [-0.25, -0.2) is 0 Å². The first kappa shape index (κ1) is 14.0. The second kappa shape index (κ2) is 5.24. The highest BCUT2D eigenvalue weighted by molar-refractivity contribution is 5.81. The van der Waals surface area contributed by atoms with E-state index in [1.807, 2.05) is 6.08 Å². The molecule has 0 radical (unpaired) electrons. The minimum Gasteiger partial charge on any atom is -0.0985 e. The van der Waals surface area contributed by atoms with Gasteiger partial charge in [-0.1, -0.05) is 73.3 Å². The molecule has 3 aromatic rings. The van der Waals surface area contributed by atoms with Crippen LogP contribution in [0.3, 0.4) is 0 Å². The molecule has 0 N–H and O–H groups in total. The van der Waals surface area contributed by atoms with Gasteiger partial charge in [-0.05, 0) is 58.4 Å². The molecule has 0 heteroatoms. The molecule has 0 spiro atoms. The van der Waals surface area contributed by atoms with E-state index < -0.39 is 0 Å². The van der Waals surface area contributed by atoms with Crippen LogP contribution in [0.2, 0.25) is 0 Å². The minimum absolute atomic E-state index is 0.335. The number of hydrogen-bond acceptors (Lipinski definition) is 0. The predicted octanol–water partition coefficient (Wildman–Crippen LogP) is 6.11. The molecule has 0 aromatic heterocycles. The Balaban J connectivity index is 2.02. The van der Waals surface area contributed by atoms with Crippen LogP contribution in [0.25, 0.3) is 17.2 Å². The molecule has 0 saturated carbocycles. The van der Waals surface area contributed by atoms with E-state index in [0.29, 0.717) is 5.92 Å². The van der Waals surface area contributed by atoms with E-state index in [1.54, 1.807) is 0 Å². The van der Waals surface area contributed by atoms with Crippen molar-refractivity contribution in [2.24, 2.45) is 0 Å². The van der Waals surface area contributed by atoms with Crippen molar-refractivity contribution in [3.8, 4) is 11.1 Å². The zero-order valence-corrected chi connectivity index (χ0v) is 13.6. The van der Waals surface area contributed by atoms with Gasteiger partial charge in [-0.3, -0.25) is 0 Å². The van der Waals surface area contributed by atoms with Gasteiger partial charge in [0, 0.05) is 5.92 Å². The van der Waals surface area contributed by atoms with Crippen LogP contribution in [-0.2, 0) is 0 Å². The van der Waals surface area contributed by atoms with E-state index in [-0.39, 0.29) is 0 Å². The van der Waals surface area contributed by atoms with Crippen LogP contribution < -0.4 is 0 Å². The second-order valence-electron chi connectivity index (χ2n) is 6.38. The smallest absolute Gasteiger partial charge is 0.0357 e. The van der Waals surface area contributed by atoms with Crippen LogP contribution in [0.4, 0.5) is 0 Å². The summed E-state index contributed by atoms with van der Waals surface area (Å²) >= 11 is 0. The van der Waals surface area contributed by atoms with Crippen molar-refractivity contribution in [2.45, 2.75) is 19.8 Å². The molecule has 0 atom stereocenters. The molecule has 0 heterocycles. The number of aryl methyl sites for hydroxylation is 2. The SMILES string of the molecule is C=Cc1cc(C)c(C2c3ccccc3-c3ccccc32)c(C)c1. The van der Waals surface area contributed by atoms with Crippen molar-refractivity contribution in [3.05, 3.63) is 101 Å². The molecule has 0 nitrogen and oxygen atoms in total. The fourth-order valence-corrected chi connectivity index (χ4v) is 4.05. The Hall–Kier alpha value is -2.60. The second-order valence-corrected chi connectivity index (χ2v) is 6.38. The summed E-state index contributed by atoms with van der Waals surface area (Å²) in [4.78, 5) is 0. The Morgan fingerprint density at radius 3 is 1.74 bits per heavy atom. The first-order chi connectivity index (χ1) is 11.2. The standard InChI is InChI=1S/C23H20/c1-4-17-13-15(2)22(16(3)14-17)23-20-11-7-5-9-18(20)19-10-6-8-12-21(19)23/h4-14,23H,1H2,2-3H3. The maximum absolute atomic E-state index is 3.91. The van der Waals surface area contributed by atoms with E-state index in [1.165, 1.54) is 44.5 Å². The van der Waals surface area contributed by atoms with Crippen LogP contribution in [0.5, 0.6) is 0 Å². The molecule has 0 unspecified atom stereocenters. The lowest BCUT2D eigenvalue weighted by Crippen LogP contribution is -2.04. The zero-order chi connectivity index (χ0) is 16.0. The molecular weight excluding hydrogens is 276 g/mol. The molecule has 1 aliphatic rings. The van der Waals surface area contributed by atoms with Gasteiger partial charge >= 0.3 is 0 Å². The maximum atomic E-state index is 3.91. The van der Waals surface area contributed by atoms with E-state index in [9.17, 15) is 0 Å². The van der Waals surface area contributed by atoms with Crippen molar-refractivity contribution in [1.29, 1.82) is 0 Å². The van der Waals surface area contributed by atoms with Gasteiger partial charge in [-0.2, -0.15) is 0 Å². The summed E-state index contributed by atoms with van der Waals surface area (Å²) in [6, 6.07) is 22.1. The number of benzene rings is 3. The van der Waals surface area contributed by atoms with Crippen molar-refractivity contribution in [2.75, 3.05) is 0 Å². The van der Waals surface area contributed by atoms with Gasteiger partial charge in [0.1, 0.15) is 0 Å². The molecule has 23 heavy (non-hydrogen) atoms. The van der Waals surface area contributed by atoms with Crippen molar-refractivity contribution < 1.29 is 0 Å². The highest BCUT2D eigenvalue weighted by Crippen LogP contribution is 2.49. The molecular formula is C23H20. The predicted molar refractivity (Wildman–Crippen MR) is 98.8 cm³/mol. The molecule has 3 aromatic carbocycles. The Labute approximate surface area is 138 Å². The minimum atomic E-state index is 0.335. The first-order valence-corrected chi connectivity index (χ1v) is 8.12. The fourth-order valence-electron chi connectivity index (χ4n) is 4.05. The molecule has 0 bridgehead atoms. The van der Waals surface area contributed by atoms with Crippen LogP contribution in [0.1, 0.15) is 39.3 Å². The third-order valence-corrected chi connectivity index (χ3v) is 4.97. The van der Waals surface area contributed by atoms with Crippen molar-refractivity contribution >= 4 is 6.08 Å². The summed E-state index contributed by atoms with van der Waals surface area (Å²) in [6.45, 7) is 8.35. The van der Waals surface area contributed by atoms with E-state index in [2.05, 4.69) is 81.1 Å². The van der Waals surface area contributed by atoms with Crippen LogP contribution in [0.15, 0.2) is 67.2 Å². The Kier molecular flexibility index (Phi) is 3.20. The largest absolute Gasteiger partial charge is 0.0985 e. The van der Waals surface area contributed by atoms with Gasteiger partial charge in [0.15, 0.2) is 0 Å². The lowest BCUT2D eigenvalue weighted by Gasteiger charge is -2.20. The summed E-state index contributed by atoms with van der Waals surface area (Å²) in [5.74, 6) is 0.335. The third-order valence-electron chi connectivity index (χ3n) is 4.97. The van der Waals surface area contributed by atoms with Crippen molar-refractivity contribution in [1.82, 2.24) is 0 Å². The Bertz CT molecular complexity index is 846. The van der Waals surface area contributed by atoms with E-state index >= 15 is 0 Å². The summed E-state index contributed by atoms with van der Waals surface area (Å²) in [7, 11) is 0. The Morgan fingerprint density at radius 2 is 1.26 bits per heavy atom. The van der Waals surface area contributed by atoms with Gasteiger partial charge in [0.25, 0.3) is 0 Å². The molecule has 1 aliphatic carbocycles. The summed E-state index contributed by atoms with van der Waals surface area (Å²) in [5, 5.41) is 0. The van der Waals surface area contributed by atoms with Gasteiger partial charge in [0.2, 0.25) is 0 Å². The zero-order valence-electron chi connectivity index (χ0n) is 13.6. The van der Waals surface area contributed by atoms with Crippen LogP contribution >= 0.6 is 0 Å². The molecule has 0 amide bonds.